The van der Waals surface area contributed by atoms with E-state index in [0.29, 0.717) is 0 Å². The minimum absolute atomic E-state index is 0. The van der Waals surface area contributed by atoms with E-state index in [9.17, 15) is 4.79 Å². The van der Waals surface area contributed by atoms with Crippen molar-refractivity contribution in [1.82, 2.24) is 4.98 Å². The van der Waals surface area contributed by atoms with Crippen molar-refractivity contribution in [2.24, 2.45) is 11.7 Å². The third kappa shape index (κ3) is 5.28. The number of nitrogens with two attached hydrogens (primary N) is 1. The van der Waals surface area contributed by atoms with Crippen LogP contribution < -0.4 is 11.1 Å². The zero-order chi connectivity index (χ0) is 15.4. The molecule has 0 aliphatic carbocycles. The van der Waals surface area contributed by atoms with Gasteiger partial charge in [0.1, 0.15) is 0 Å². The highest BCUT2D eigenvalue weighted by Crippen LogP contribution is 2.30. The van der Waals surface area contributed by atoms with E-state index < -0.39 is 6.04 Å². The fourth-order valence-electron chi connectivity index (χ4n) is 1.61. The van der Waals surface area contributed by atoms with Crippen LogP contribution in [0.25, 0.3) is 0 Å². The molecular formula is C15H20ClN3OS2. The zero-order valence-corrected chi connectivity index (χ0v) is 15.1. The van der Waals surface area contributed by atoms with Crippen LogP contribution in [0.3, 0.4) is 0 Å². The maximum Gasteiger partial charge on any atom is 0.241 e. The molecule has 2 rings (SSSR count). The molecule has 0 aliphatic heterocycles. The van der Waals surface area contributed by atoms with Crippen molar-refractivity contribution in [3.63, 3.8) is 0 Å². The quantitative estimate of drug-likeness (QED) is 0.850. The van der Waals surface area contributed by atoms with Gasteiger partial charge in [-0.2, -0.15) is 0 Å². The van der Waals surface area contributed by atoms with Gasteiger partial charge in [0, 0.05) is 21.7 Å². The molecule has 0 radical (unpaired) electrons. The van der Waals surface area contributed by atoms with Gasteiger partial charge in [-0.3, -0.25) is 4.79 Å². The van der Waals surface area contributed by atoms with Crippen LogP contribution in [0.4, 0.5) is 5.69 Å². The van der Waals surface area contributed by atoms with Crippen molar-refractivity contribution in [1.29, 1.82) is 0 Å². The predicted octanol–water partition coefficient (Wildman–Crippen LogP) is 3.95. The first-order valence-corrected chi connectivity index (χ1v) is 8.42. The lowest BCUT2D eigenvalue weighted by molar-refractivity contribution is -0.118. The van der Waals surface area contributed by atoms with Crippen molar-refractivity contribution >= 4 is 47.1 Å². The number of hydrogen-bond donors (Lipinski definition) is 2. The Morgan fingerprint density at radius 2 is 1.95 bits per heavy atom. The summed E-state index contributed by atoms with van der Waals surface area (Å²) in [5.41, 5.74) is 7.62. The smallest absolute Gasteiger partial charge is 0.241 e. The molecule has 0 bridgehead atoms. The molecule has 1 amide bonds. The number of aryl methyl sites for hydroxylation is 1. The number of benzene rings is 1. The monoisotopic (exact) mass is 357 g/mol. The summed E-state index contributed by atoms with van der Waals surface area (Å²) in [5, 5.41) is 4.86. The number of carbonyl (C=O) groups excluding carboxylic acids is 1. The first kappa shape index (κ1) is 19.0. The van der Waals surface area contributed by atoms with Gasteiger partial charge in [-0.25, -0.2) is 4.98 Å². The first-order valence-electron chi connectivity index (χ1n) is 6.72. The van der Waals surface area contributed by atoms with Crippen molar-refractivity contribution in [2.45, 2.75) is 36.0 Å². The first-order chi connectivity index (χ1) is 9.95. The highest BCUT2D eigenvalue weighted by molar-refractivity contribution is 8.01. The van der Waals surface area contributed by atoms with Crippen molar-refractivity contribution < 1.29 is 4.79 Å². The molecule has 3 N–H and O–H groups in total. The molecule has 22 heavy (non-hydrogen) atoms. The van der Waals surface area contributed by atoms with E-state index in [4.69, 9.17) is 5.73 Å². The van der Waals surface area contributed by atoms with Crippen LogP contribution in [-0.2, 0) is 4.79 Å². The Morgan fingerprint density at radius 3 is 2.45 bits per heavy atom. The van der Waals surface area contributed by atoms with Crippen LogP contribution in [0.5, 0.6) is 0 Å². The third-order valence-electron chi connectivity index (χ3n) is 2.95. The van der Waals surface area contributed by atoms with Crippen LogP contribution in [0.15, 0.2) is 38.9 Å². The normalized spacial score (nSPS) is 11.9. The van der Waals surface area contributed by atoms with E-state index in [-0.39, 0.29) is 24.2 Å². The molecule has 0 aliphatic rings. The molecule has 0 saturated heterocycles. The topological polar surface area (TPSA) is 68.0 Å². The SMILES string of the molecule is Cc1csc(Sc2ccc(NC(=O)[C@@H](N)C(C)C)cc2)n1.Cl. The second-order valence-corrected chi connectivity index (χ2v) is 7.32. The Bertz CT molecular complexity index is 614. The lowest BCUT2D eigenvalue weighted by Gasteiger charge is -2.15. The van der Waals surface area contributed by atoms with E-state index in [1.165, 1.54) is 0 Å². The van der Waals surface area contributed by atoms with Crippen LogP contribution in [0.1, 0.15) is 19.5 Å². The molecule has 1 aromatic heterocycles. The lowest BCUT2D eigenvalue weighted by Crippen LogP contribution is -2.39. The summed E-state index contributed by atoms with van der Waals surface area (Å²) in [6.45, 7) is 5.84. The number of amides is 1. The average Bonchev–Trinajstić information content (AvgIpc) is 2.85. The minimum atomic E-state index is -0.489. The van der Waals surface area contributed by atoms with Gasteiger partial charge in [0.2, 0.25) is 5.91 Å². The number of rotatable bonds is 5. The van der Waals surface area contributed by atoms with E-state index in [0.717, 1.165) is 20.6 Å². The summed E-state index contributed by atoms with van der Waals surface area (Å²) in [5.74, 6) is -0.0334. The third-order valence-corrected chi connectivity index (χ3v) is 5.01. The van der Waals surface area contributed by atoms with E-state index in [1.54, 1.807) is 23.1 Å². The highest BCUT2D eigenvalue weighted by atomic mass is 35.5. The molecule has 0 spiro atoms. The lowest BCUT2D eigenvalue weighted by atomic mass is 10.1. The Kier molecular flexibility index (Phi) is 7.35. The summed E-state index contributed by atoms with van der Waals surface area (Å²) < 4.78 is 1.02. The highest BCUT2D eigenvalue weighted by Gasteiger charge is 2.17. The average molecular weight is 358 g/mol. The zero-order valence-electron chi connectivity index (χ0n) is 12.7. The molecule has 1 atom stereocenters. The molecular weight excluding hydrogens is 338 g/mol. The fourth-order valence-corrected chi connectivity index (χ4v) is 3.42. The Labute approximate surface area is 145 Å². The number of nitrogens with zero attached hydrogens (tertiary/aromatic N) is 1. The maximum atomic E-state index is 11.9. The molecule has 7 heteroatoms. The van der Waals surface area contributed by atoms with Gasteiger partial charge in [0.05, 0.1) is 6.04 Å². The number of hydrogen-bond acceptors (Lipinski definition) is 5. The number of nitrogens with one attached hydrogen (secondary N) is 1. The predicted molar refractivity (Wildman–Crippen MR) is 96.1 cm³/mol. The summed E-state index contributed by atoms with van der Waals surface area (Å²) in [7, 11) is 0. The summed E-state index contributed by atoms with van der Waals surface area (Å²) in [4.78, 5) is 17.4. The summed E-state index contributed by atoms with van der Waals surface area (Å²) in [6.07, 6.45) is 0. The molecule has 1 aromatic carbocycles. The van der Waals surface area contributed by atoms with Crippen molar-refractivity contribution in [3.8, 4) is 0 Å². The van der Waals surface area contributed by atoms with Gasteiger partial charge >= 0.3 is 0 Å². The van der Waals surface area contributed by atoms with E-state index in [2.05, 4.69) is 10.3 Å². The van der Waals surface area contributed by atoms with Crippen LogP contribution in [0.2, 0.25) is 0 Å². The van der Waals surface area contributed by atoms with Gasteiger partial charge in [-0.05, 0) is 37.1 Å². The van der Waals surface area contributed by atoms with Gasteiger partial charge < -0.3 is 11.1 Å². The molecule has 1 heterocycles. The molecule has 0 fully saturated rings. The summed E-state index contributed by atoms with van der Waals surface area (Å²) in [6, 6.07) is 7.22. The number of anilines is 1. The Hall–Kier alpha value is -1.08. The second-order valence-electron chi connectivity index (χ2n) is 5.14. The fraction of sp³-hybridized carbons (Fsp3) is 0.333. The van der Waals surface area contributed by atoms with E-state index in [1.807, 2.05) is 50.4 Å². The maximum absolute atomic E-state index is 11.9. The van der Waals surface area contributed by atoms with E-state index >= 15 is 0 Å². The molecule has 4 nitrogen and oxygen atoms in total. The number of aromatic nitrogens is 1. The molecule has 0 unspecified atom stereocenters. The minimum Gasteiger partial charge on any atom is -0.325 e. The summed E-state index contributed by atoms with van der Waals surface area (Å²) >= 11 is 3.25. The van der Waals surface area contributed by atoms with Crippen molar-refractivity contribution in [3.05, 3.63) is 35.3 Å². The molecule has 120 valence electrons. The number of halogens is 1. The Morgan fingerprint density at radius 1 is 1.32 bits per heavy atom. The number of carbonyl (C=O) groups is 1. The Balaban J connectivity index is 0.00000242. The number of thiazole rings is 1. The second kappa shape index (κ2) is 8.53. The van der Waals surface area contributed by atoms with Gasteiger partial charge in [0.15, 0.2) is 4.34 Å². The van der Waals surface area contributed by atoms with Crippen LogP contribution in [-0.4, -0.2) is 16.9 Å². The van der Waals surface area contributed by atoms with Crippen LogP contribution >= 0.6 is 35.5 Å². The molecule has 2 aromatic rings. The molecule has 0 saturated carbocycles. The van der Waals surface area contributed by atoms with Crippen molar-refractivity contribution in [2.75, 3.05) is 5.32 Å². The van der Waals surface area contributed by atoms with Crippen LogP contribution in [0, 0.1) is 12.8 Å². The van der Waals surface area contributed by atoms with Gasteiger partial charge in [-0.1, -0.05) is 25.6 Å². The van der Waals surface area contributed by atoms with Gasteiger partial charge in [-0.15, -0.1) is 23.7 Å². The van der Waals surface area contributed by atoms with Gasteiger partial charge in [0.25, 0.3) is 0 Å². The standard InChI is InChI=1S/C15H19N3OS2.ClH/c1-9(2)13(16)14(19)18-11-4-6-12(7-5-11)21-15-17-10(3)8-20-15;/h4-9,13H,16H2,1-3H3,(H,18,19);1H/t13-;/m0./s1. The largest absolute Gasteiger partial charge is 0.325 e.